The molecule has 60 heavy (non-hydrogen) atoms. The van der Waals surface area contributed by atoms with Crippen LogP contribution in [0.15, 0.2) is 23.0 Å². The van der Waals surface area contributed by atoms with Crippen molar-refractivity contribution >= 4 is 29.8 Å². The highest BCUT2D eigenvalue weighted by atomic mass is 17.0. The molecule has 16 atom stereocenters. The van der Waals surface area contributed by atoms with E-state index in [2.05, 4.69) is 0 Å². The Morgan fingerprint density at radius 2 is 1.62 bits per heavy atom. The molecule has 3 aliphatic heterocycles. The Bertz CT molecular complexity index is 2020. The summed E-state index contributed by atoms with van der Waals surface area (Å²) in [7, 11) is 1.19. The van der Waals surface area contributed by atoms with Crippen LogP contribution in [-0.2, 0) is 61.9 Å². The smallest absolute Gasteiger partial charge is 0.338 e. The first-order valence-corrected chi connectivity index (χ1v) is 20.9. The number of furan rings is 1. The average molecular weight is 847 g/mol. The molecule has 4 saturated carbocycles. The number of carbonyl (C=O) groups is 5. The molecule has 332 valence electrons. The molecule has 0 aromatic carbocycles. The van der Waals surface area contributed by atoms with Crippen molar-refractivity contribution in [1.82, 2.24) is 0 Å². The third-order valence-electron chi connectivity index (χ3n) is 16.4. The Morgan fingerprint density at radius 3 is 2.20 bits per heavy atom. The van der Waals surface area contributed by atoms with Gasteiger partial charge >= 0.3 is 29.8 Å². The van der Waals surface area contributed by atoms with Crippen molar-refractivity contribution in [2.45, 2.75) is 172 Å². The molecule has 0 radical (unpaired) electrons. The van der Waals surface area contributed by atoms with Gasteiger partial charge in [0.1, 0.15) is 29.5 Å². The van der Waals surface area contributed by atoms with Crippen molar-refractivity contribution < 1.29 is 81.6 Å². The van der Waals surface area contributed by atoms with Gasteiger partial charge < -0.3 is 57.6 Å². The third kappa shape index (κ3) is 4.56. The first kappa shape index (κ1) is 43.1. The largest absolute Gasteiger partial charge is 0.472 e. The van der Waals surface area contributed by atoms with Crippen molar-refractivity contribution in [2.24, 2.45) is 34.0 Å². The van der Waals surface area contributed by atoms with E-state index in [4.69, 9.17) is 42.3 Å². The molecular weight excluding hydrogens is 788 g/mol. The molecule has 3 saturated heterocycles. The number of ether oxygens (including phenoxy) is 8. The molecular formula is C43H58O17. The van der Waals surface area contributed by atoms with E-state index in [0.29, 0.717) is 12.0 Å². The number of methoxy groups -OCH3 is 1. The minimum Gasteiger partial charge on any atom is -0.472 e. The summed E-state index contributed by atoms with van der Waals surface area (Å²) in [4.78, 5) is 70.8. The molecule has 7 fully saturated rings. The van der Waals surface area contributed by atoms with E-state index >= 15 is 0 Å². The third-order valence-corrected chi connectivity index (χ3v) is 16.4. The van der Waals surface area contributed by atoms with E-state index in [0.717, 1.165) is 0 Å². The van der Waals surface area contributed by atoms with Crippen LogP contribution in [0.3, 0.4) is 0 Å². The standard InChI is InChI=1S/C43H58O17/c1-12-22(5)30(47)54-25-17-35(7)28(23-14-15-53-19-23)55-27(45)18-40(35)43-32(56-29(46)21(3)4)41(51)31(57-33(48)36(8,49)13-2)34(6)20-39(41,50)37(9,24(34)16-26(44)52-11)42(25,43)59-38(10,58-40)60-43/h14-15,19,21-22,24-25,28,31-32,49-51H,12-13,16-18,20H2,1-11H3. The van der Waals surface area contributed by atoms with Gasteiger partial charge in [0.25, 0.3) is 5.97 Å². The normalized spacial score (nSPS) is 48.0. The molecule has 17 nitrogen and oxygen atoms in total. The average Bonchev–Trinajstić information content (AvgIpc) is 3.95. The number of fused-ring (bicyclic) bond motifs is 2. The molecule has 7 aliphatic rings. The Hall–Kier alpha value is -3.61. The first-order valence-electron chi connectivity index (χ1n) is 20.9. The van der Waals surface area contributed by atoms with Crippen LogP contribution in [0.1, 0.15) is 119 Å². The Balaban J connectivity index is 1.53. The lowest BCUT2D eigenvalue weighted by molar-refractivity contribution is -0.479. The molecule has 1 aromatic heterocycles. The topological polar surface area (TPSA) is 233 Å². The number of aliphatic hydroxyl groups is 3. The molecule has 16 unspecified atom stereocenters. The van der Waals surface area contributed by atoms with Crippen LogP contribution in [0.25, 0.3) is 0 Å². The lowest BCUT2D eigenvalue weighted by Crippen LogP contribution is -2.99. The maximum atomic E-state index is 14.3. The van der Waals surface area contributed by atoms with Gasteiger partial charge in [0.15, 0.2) is 28.5 Å². The lowest BCUT2D eigenvalue weighted by atomic mass is 9.31. The molecule has 2 spiro atoms. The van der Waals surface area contributed by atoms with E-state index in [9.17, 15) is 39.3 Å². The van der Waals surface area contributed by atoms with E-state index in [-0.39, 0.29) is 19.3 Å². The van der Waals surface area contributed by atoms with E-state index < -0.39 is 141 Å². The summed E-state index contributed by atoms with van der Waals surface area (Å²) >= 11 is 0. The van der Waals surface area contributed by atoms with Crippen LogP contribution in [0, 0.1) is 34.0 Å². The summed E-state index contributed by atoms with van der Waals surface area (Å²) in [5.74, 6) is -9.04. The van der Waals surface area contributed by atoms with Crippen molar-refractivity contribution in [2.75, 3.05) is 7.11 Å². The number of esters is 5. The zero-order valence-corrected chi connectivity index (χ0v) is 36.1. The molecule has 4 aliphatic carbocycles. The second-order valence-electron chi connectivity index (χ2n) is 19.7. The highest BCUT2D eigenvalue weighted by Gasteiger charge is 3.07. The fraction of sp³-hybridized carbons (Fsp3) is 0.791. The van der Waals surface area contributed by atoms with Crippen LogP contribution in [0.2, 0.25) is 0 Å². The van der Waals surface area contributed by atoms with Gasteiger partial charge in [-0.1, -0.05) is 55.4 Å². The first-order chi connectivity index (χ1) is 27.8. The van der Waals surface area contributed by atoms with Gasteiger partial charge in [0.2, 0.25) is 0 Å². The highest BCUT2D eigenvalue weighted by Crippen LogP contribution is 2.89. The van der Waals surface area contributed by atoms with E-state index in [1.807, 2.05) is 6.92 Å². The molecule has 0 amide bonds. The minimum atomic E-state index is -2.87. The molecule has 4 bridgehead atoms. The SMILES string of the molecule is CCC(C)C(=O)OC1CC2(C)C(c3ccoc3)OC(=O)CC23OC2(C)OC34C(OC(=O)C(C)C)C3(O)C(OC(=O)C(C)(O)CC)C5(C)CC3(O)C(C)(C5CC(=O)OC)C14O2. The fourth-order valence-electron chi connectivity index (χ4n) is 13.3. The van der Waals surface area contributed by atoms with Crippen LogP contribution < -0.4 is 0 Å². The van der Waals surface area contributed by atoms with Crippen LogP contribution in [-0.4, -0.2) is 110 Å². The second-order valence-corrected chi connectivity index (χ2v) is 19.7. The summed E-state index contributed by atoms with van der Waals surface area (Å²) in [6, 6.07) is 1.61. The minimum absolute atomic E-state index is 0.106. The predicted octanol–water partition coefficient (Wildman–Crippen LogP) is 3.33. The molecule has 17 heteroatoms. The van der Waals surface area contributed by atoms with E-state index in [1.165, 1.54) is 33.5 Å². The van der Waals surface area contributed by atoms with Crippen molar-refractivity contribution in [3.8, 4) is 0 Å². The van der Waals surface area contributed by atoms with Gasteiger partial charge in [-0.3, -0.25) is 19.2 Å². The molecule has 8 rings (SSSR count). The summed E-state index contributed by atoms with van der Waals surface area (Å²) < 4.78 is 57.7. The van der Waals surface area contributed by atoms with Gasteiger partial charge in [0.05, 0.1) is 37.9 Å². The quantitative estimate of drug-likeness (QED) is 0.214. The van der Waals surface area contributed by atoms with Crippen LogP contribution in [0.4, 0.5) is 0 Å². The van der Waals surface area contributed by atoms with Crippen molar-refractivity contribution in [3.63, 3.8) is 0 Å². The Morgan fingerprint density at radius 1 is 0.950 bits per heavy atom. The van der Waals surface area contributed by atoms with Gasteiger partial charge in [-0.25, -0.2) is 4.79 Å². The van der Waals surface area contributed by atoms with Crippen molar-refractivity contribution in [3.05, 3.63) is 24.2 Å². The summed E-state index contributed by atoms with van der Waals surface area (Å²) in [5.41, 5.74) is -18.9. The Kier molecular flexibility index (Phi) is 9.15. The number of cyclic esters (lactones) is 1. The summed E-state index contributed by atoms with van der Waals surface area (Å²) in [5, 5.41) is 39.3. The summed E-state index contributed by atoms with van der Waals surface area (Å²) in [6.45, 7) is 15.8. The number of carbonyl (C=O) groups excluding carboxylic acids is 5. The van der Waals surface area contributed by atoms with Crippen molar-refractivity contribution in [1.29, 1.82) is 0 Å². The fourth-order valence-corrected chi connectivity index (χ4v) is 13.3. The van der Waals surface area contributed by atoms with Gasteiger partial charge in [-0.15, -0.1) is 0 Å². The number of hydrogen-bond donors (Lipinski definition) is 3. The number of hydrogen-bond acceptors (Lipinski definition) is 17. The maximum Gasteiger partial charge on any atom is 0.338 e. The highest BCUT2D eigenvalue weighted by molar-refractivity contribution is 5.80. The van der Waals surface area contributed by atoms with E-state index in [1.54, 1.807) is 54.5 Å². The predicted molar refractivity (Wildman–Crippen MR) is 200 cm³/mol. The Labute approximate surface area is 348 Å². The van der Waals surface area contributed by atoms with Crippen LogP contribution >= 0.6 is 0 Å². The van der Waals surface area contributed by atoms with Gasteiger partial charge in [-0.2, -0.15) is 0 Å². The maximum absolute atomic E-state index is 14.3. The van der Waals surface area contributed by atoms with Gasteiger partial charge in [0, 0.05) is 35.2 Å². The number of rotatable bonds is 11. The lowest BCUT2D eigenvalue weighted by Gasteiger charge is -2.79. The van der Waals surface area contributed by atoms with Gasteiger partial charge in [-0.05, 0) is 44.6 Å². The monoisotopic (exact) mass is 846 g/mol. The molecule has 4 heterocycles. The zero-order chi connectivity index (χ0) is 44.2. The second kappa shape index (κ2) is 12.7. The molecule has 3 N–H and O–H groups in total. The summed E-state index contributed by atoms with van der Waals surface area (Å²) in [6.07, 6.45) is -5.14. The zero-order valence-electron chi connectivity index (χ0n) is 36.1. The van der Waals surface area contributed by atoms with Crippen LogP contribution in [0.5, 0.6) is 0 Å². The molecule has 1 aromatic rings.